The van der Waals surface area contributed by atoms with Gasteiger partial charge in [0, 0.05) is 30.5 Å². The van der Waals surface area contributed by atoms with Crippen LogP contribution in [0, 0.1) is 11.6 Å². The molecule has 1 aromatic rings. The Morgan fingerprint density at radius 3 is 2.26 bits per heavy atom. The number of amides is 2. The van der Waals surface area contributed by atoms with Gasteiger partial charge in [-0.1, -0.05) is 18.9 Å². The van der Waals surface area contributed by atoms with Gasteiger partial charge in [-0.05, 0) is 45.7 Å². The topological polar surface area (TPSA) is 67.4 Å². The van der Waals surface area contributed by atoms with Gasteiger partial charge in [0.05, 0.1) is 0 Å². The largest absolute Gasteiger partial charge is 0.444 e. The molecular weight excluding hydrogens is 354 g/mol. The summed E-state index contributed by atoms with van der Waals surface area (Å²) in [7, 11) is 0. The minimum Gasteiger partial charge on any atom is -0.444 e. The van der Waals surface area contributed by atoms with Gasteiger partial charge in [0.1, 0.15) is 17.2 Å². The molecule has 1 saturated carbocycles. The van der Waals surface area contributed by atoms with E-state index in [1.165, 1.54) is 18.2 Å². The van der Waals surface area contributed by atoms with Crippen LogP contribution in [-0.4, -0.2) is 30.7 Å². The first kappa shape index (κ1) is 21.1. The Bertz CT molecular complexity index is 660. The number of benzene rings is 1. The van der Waals surface area contributed by atoms with Gasteiger partial charge in [-0.15, -0.1) is 0 Å². The number of hydrogen-bond acceptors (Lipinski definition) is 3. The second kappa shape index (κ2) is 8.67. The van der Waals surface area contributed by atoms with Crippen LogP contribution in [0.5, 0.6) is 0 Å². The van der Waals surface area contributed by atoms with Crippen LogP contribution in [0.15, 0.2) is 18.2 Å². The van der Waals surface area contributed by atoms with Crippen molar-refractivity contribution < 1.29 is 23.1 Å². The molecule has 2 rings (SSSR count). The maximum atomic E-state index is 14.3. The van der Waals surface area contributed by atoms with Crippen molar-refractivity contribution >= 4 is 12.0 Å². The van der Waals surface area contributed by atoms with Crippen LogP contribution in [0.1, 0.15) is 58.4 Å². The standard InChI is InChI=1S/C20H28F2N2O3/c1-19(2,3)27-18(26)23-12-9-16(25)24-13-20(10-4-5-11-20)17-14(21)7-6-8-15(17)22/h6-8H,4-5,9-13H2,1-3H3,(H,23,26)(H,24,25). The SMILES string of the molecule is CC(C)(C)OC(=O)NCCC(=O)NCC1(c2c(F)cccc2F)CCCC1. The Kier molecular flexibility index (Phi) is 6.78. The molecule has 1 aromatic carbocycles. The Labute approximate surface area is 158 Å². The summed E-state index contributed by atoms with van der Waals surface area (Å²) in [5.74, 6) is -1.43. The van der Waals surface area contributed by atoms with Crippen molar-refractivity contribution in [1.29, 1.82) is 0 Å². The molecule has 0 saturated heterocycles. The molecule has 1 aliphatic rings. The Hall–Kier alpha value is -2.18. The van der Waals surface area contributed by atoms with E-state index in [9.17, 15) is 18.4 Å². The molecule has 7 heteroatoms. The predicted molar refractivity (Wildman–Crippen MR) is 98.4 cm³/mol. The number of alkyl carbamates (subject to hydrolysis) is 1. The fourth-order valence-corrected chi connectivity index (χ4v) is 3.52. The lowest BCUT2D eigenvalue weighted by Crippen LogP contribution is -2.41. The highest BCUT2D eigenvalue weighted by atomic mass is 19.1. The zero-order chi connectivity index (χ0) is 20.1. The van der Waals surface area contributed by atoms with Gasteiger partial charge < -0.3 is 15.4 Å². The van der Waals surface area contributed by atoms with Crippen molar-refractivity contribution in [3.63, 3.8) is 0 Å². The number of nitrogens with one attached hydrogen (secondary N) is 2. The molecule has 0 atom stereocenters. The van der Waals surface area contributed by atoms with E-state index in [1.807, 2.05) is 0 Å². The fraction of sp³-hybridized carbons (Fsp3) is 0.600. The zero-order valence-corrected chi connectivity index (χ0v) is 16.2. The second-order valence-corrected chi connectivity index (χ2v) is 8.04. The smallest absolute Gasteiger partial charge is 0.407 e. The average Bonchev–Trinajstić information content (AvgIpc) is 3.01. The molecule has 0 aliphatic heterocycles. The molecular formula is C20H28F2N2O3. The van der Waals surface area contributed by atoms with Gasteiger partial charge in [0.15, 0.2) is 0 Å². The van der Waals surface area contributed by atoms with E-state index >= 15 is 0 Å². The van der Waals surface area contributed by atoms with Crippen molar-refractivity contribution in [2.24, 2.45) is 0 Å². The predicted octanol–water partition coefficient (Wildman–Crippen LogP) is 3.81. The quantitative estimate of drug-likeness (QED) is 0.786. The summed E-state index contributed by atoms with van der Waals surface area (Å²) in [5.41, 5.74) is -1.26. The fourth-order valence-electron chi connectivity index (χ4n) is 3.52. The monoisotopic (exact) mass is 382 g/mol. The van der Waals surface area contributed by atoms with Crippen molar-refractivity contribution in [2.45, 2.75) is 63.9 Å². The van der Waals surface area contributed by atoms with Gasteiger partial charge in [-0.2, -0.15) is 0 Å². The Morgan fingerprint density at radius 1 is 1.11 bits per heavy atom. The summed E-state index contributed by atoms with van der Waals surface area (Å²) in [5, 5.41) is 5.29. The first-order chi connectivity index (χ1) is 12.6. The van der Waals surface area contributed by atoms with Gasteiger partial charge in [0.25, 0.3) is 0 Å². The van der Waals surface area contributed by atoms with E-state index in [0.717, 1.165) is 12.8 Å². The molecule has 150 valence electrons. The summed E-state index contributed by atoms with van der Waals surface area (Å²) >= 11 is 0. The first-order valence-corrected chi connectivity index (χ1v) is 9.31. The zero-order valence-electron chi connectivity index (χ0n) is 16.2. The van der Waals surface area contributed by atoms with Gasteiger partial charge in [-0.3, -0.25) is 4.79 Å². The Morgan fingerprint density at radius 2 is 1.70 bits per heavy atom. The first-order valence-electron chi connectivity index (χ1n) is 9.31. The second-order valence-electron chi connectivity index (χ2n) is 8.04. The normalized spacial score (nSPS) is 16.0. The lowest BCUT2D eigenvalue weighted by atomic mass is 9.78. The molecule has 1 aliphatic carbocycles. The Balaban J connectivity index is 1.89. The van der Waals surface area contributed by atoms with Crippen LogP contribution >= 0.6 is 0 Å². The number of halogens is 2. The average molecular weight is 382 g/mol. The van der Waals surface area contributed by atoms with Crippen LogP contribution in [-0.2, 0) is 14.9 Å². The summed E-state index contributed by atoms with van der Waals surface area (Å²) in [6, 6.07) is 3.86. The lowest BCUT2D eigenvalue weighted by Gasteiger charge is -2.30. The molecule has 0 spiro atoms. The third-order valence-electron chi connectivity index (χ3n) is 4.70. The molecule has 5 nitrogen and oxygen atoms in total. The summed E-state index contributed by atoms with van der Waals surface area (Å²) < 4.78 is 33.7. The van der Waals surface area contributed by atoms with Crippen LogP contribution in [0.4, 0.5) is 13.6 Å². The molecule has 0 heterocycles. The molecule has 0 aromatic heterocycles. The summed E-state index contributed by atoms with van der Waals surface area (Å²) in [6.45, 7) is 5.56. The molecule has 0 unspecified atom stereocenters. The van der Waals surface area contributed by atoms with Crippen molar-refractivity contribution in [1.82, 2.24) is 10.6 Å². The number of carbonyl (C=O) groups excluding carboxylic acids is 2. The van der Waals surface area contributed by atoms with Crippen molar-refractivity contribution in [3.8, 4) is 0 Å². The van der Waals surface area contributed by atoms with E-state index in [4.69, 9.17) is 4.74 Å². The summed E-state index contributed by atoms with van der Waals surface area (Å²) in [6.07, 6.45) is 2.46. The maximum absolute atomic E-state index is 14.3. The maximum Gasteiger partial charge on any atom is 0.407 e. The minimum atomic E-state index is -0.719. The number of ether oxygens (including phenoxy) is 1. The van der Waals surface area contributed by atoms with Gasteiger partial charge in [-0.25, -0.2) is 13.6 Å². The number of carbonyl (C=O) groups is 2. The number of rotatable bonds is 6. The van der Waals surface area contributed by atoms with E-state index < -0.39 is 28.7 Å². The van der Waals surface area contributed by atoms with Crippen molar-refractivity contribution in [2.75, 3.05) is 13.1 Å². The van der Waals surface area contributed by atoms with E-state index in [0.29, 0.717) is 12.8 Å². The number of hydrogen-bond donors (Lipinski definition) is 2. The minimum absolute atomic E-state index is 0.0645. The highest BCUT2D eigenvalue weighted by Crippen LogP contribution is 2.42. The molecule has 0 radical (unpaired) electrons. The van der Waals surface area contributed by atoms with Crippen LogP contribution < -0.4 is 10.6 Å². The van der Waals surface area contributed by atoms with E-state index in [1.54, 1.807) is 20.8 Å². The van der Waals surface area contributed by atoms with Gasteiger partial charge >= 0.3 is 6.09 Å². The van der Waals surface area contributed by atoms with Crippen LogP contribution in [0.3, 0.4) is 0 Å². The molecule has 1 fully saturated rings. The van der Waals surface area contributed by atoms with Crippen LogP contribution in [0.25, 0.3) is 0 Å². The molecule has 2 amide bonds. The summed E-state index contributed by atoms with van der Waals surface area (Å²) in [4.78, 5) is 23.7. The van der Waals surface area contributed by atoms with Gasteiger partial charge in [0.2, 0.25) is 5.91 Å². The van der Waals surface area contributed by atoms with Crippen LogP contribution in [0.2, 0.25) is 0 Å². The third-order valence-corrected chi connectivity index (χ3v) is 4.70. The highest BCUT2D eigenvalue weighted by Gasteiger charge is 2.40. The van der Waals surface area contributed by atoms with E-state index in [-0.39, 0.29) is 31.0 Å². The highest BCUT2D eigenvalue weighted by molar-refractivity contribution is 5.77. The van der Waals surface area contributed by atoms with E-state index in [2.05, 4.69) is 10.6 Å². The lowest BCUT2D eigenvalue weighted by molar-refractivity contribution is -0.121. The van der Waals surface area contributed by atoms with Crippen molar-refractivity contribution in [3.05, 3.63) is 35.4 Å². The molecule has 2 N–H and O–H groups in total. The molecule has 27 heavy (non-hydrogen) atoms. The molecule has 0 bridgehead atoms. The third kappa shape index (κ3) is 5.91.